The third-order valence-corrected chi connectivity index (χ3v) is 2.19. The number of anilines is 1. The van der Waals surface area contributed by atoms with E-state index in [0.29, 0.717) is 13.1 Å². The third-order valence-electron chi connectivity index (χ3n) is 2.19. The van der Waals surface area contributed by atoms with E-state index in [4.69, 9.17) is 5.73 Å². The highest BCUT2D eigenvalue weighted by molar-refractivity contribution is 5.98. The smallest absolute Gasteiger partial charge is 0.288 e. The highest BCUT2D eigenvalue weighted by atomic mass is 16.6. The Morgan fingerprint density at radius 3 is 2.83 bits per heavy atom. The molecule has 1 heterocycles. The van der Waals surface area contributed by atoms with Crippen LogP contribution >= 0.6 is 0 Å². The van der Waals surface area contributed by atoms with Gasteiger partial charge in [-0.05, 0) is 6.54 Å². The lowest BCUT2D eigenvalue weighted by Gasteiger charge is -2.08. The average Bonchev–Trinajstić information content (AvgIpc) is 2.34. The van der Waals surface area contributed by atoms with Crippen molar-refractivity contribution in [1.82, 2.24) is 10.3 Å². The molecule has 0 spiro atoms. The van der Waals surface area contributed by atoms with Gasteiger partial charge < -0.3 is 16.4 Å². The summed E-state index contributed by atoms with van der Waals surface area (Å²) in [5.41, 5.74) is 4.91. The molecular formula is C10H15N5O3. The number of likely N-dealkylation sites (N-methyl/N-ethyl adjacent to an activating group) is 1. The van der Waals surface area contributed by atoms with Crippen molar-refractivity contribution in [3.05, 3.63) is 27.9 Å². The number of nitro groups is 1. The van der Waals surface area contributed by atoms with Gasteiger partial charge in [0.15, 0.2) is 0 Å². The maximum absolute atomic E-state index is 11.2. The van der Waals surface area contributed by atoms with E-state index in [1.807, 2.05) is 6.92 Å². The van der Waals surface area contributed by atoms with Crippen LogP contribution in [0.1, 0.15) is 17.3 Å². The van der Waals surface area contributed by atoms with Crippen LogP contribution in [0.2, 0.25) is 0 Å². The Morgan fingerprint density at radius 2 is 2.28 bits per heavy atom. The molecule has 1 aromatic rings. The van der Waals surface area contributed by atoms with Crippen LogP contribution < -0.4 is 16.4 Å². The van der Waals surface area contributed by atoms with Gasteiger partial charge in [-0.2, -0.15) is 0 Å². The molecule has 98 valence electrons. The van der Waals surface area contributed by atoms with E-state index in [9.17, 15) is 14.9 Å². The molecule has 0 bridgehead atoms. The van der Waals surface area contributed by atoms with Crippen molar-refractivity contribution in [3.63, 3.8) is 0 Å². The Hall–Kier alpha value is -2.22. The first-order chi connectivity index (χ1) is 8.56. The van der Waals surface area contributed by atoms with E-state index < -0.39 is 10.8 Å². The number of hydrogen-bond acceptors (Lipinski definition) is 6. The van der Waals surface area contributed by atoms with Crippen LogP contribution in [0.4, 0.5) is 11.5 Å². The first-order valence-electron chi connectivity index (χ1n) is 5.45. The number of amides is 1. The Labute approximate surface area is 104 Å². The van der Waals surface area contributed by atoms with Crippen LogP contribution in [0.25, 0.3) is 0 Å². The second kappa shape index (κ2) is 6.50. The maximum Gasteiger partial charge on any atom is 0.288 e. The fourth-order valence-corrected chi connectivity index (χ4v) is 1.33. The SMILES string of the molecule is CCNCCNc1ncc([N+](=O)[O-])cc1C(N)=O. The minimum atomic E-state index is -0.753. The summed E-state index contributed by atoms with van der Waals surface area (Å²) in [6, 6.07) is 1.12. The van der Waals surface area contributed by atoms with Gasteiger partial charge in [0.25, 0.3) is 11.6 Å². The molecule has 0 atom stereocenters. The predicted octanol–water partition coefficient (Wildman–Crippen LogP) is 0.110. The second-order valence-corrected chi connectivity index (χ2v) is 3.49. The first-order valence-corrected chi connectivity index (χ1v) is 5.45. The van der Waals surface area contributed by atoms with Crippen molar-refractivity contribution in [1.29, 1.82) is 0 Å². The van der Waals surface area contributed by atoms with Gasteiger partial charge in [0.2, 0.25) is 0 Å². The third kappa shape index (κ3) is 3.67. The zero-order chi connectivity index (χ0) is 13.5. The lowest BCUT2D eigenvalue weighted by atomic mass is 10.2. The monoisotopic (exact) mass is 253 g/mol. The maximum atomic E-state index is 11.2. The summed E-state index contributed by atoms with van der Waals surface area (Å²) in [6.45, 7) is 4.03. The van der Waals surface area contributed by atoms with Gasteiger partial charge in [0.1, 0.15) is 12.0 Å². The Bertz CT molecular complexity index is 449. The first kappa shape index (κ1) is 13.8. The summed E-state index contributed by atoms with van der Waals surface area (Å²) >= 11 is 0. The molecule has 0 unspecified atom stereocenters. The number of primary amides is 1. The predicted molar refractivity (Wildman–Crippen MR) is 66.4 cm³/mol. The van der Waals surface area contributed by atoms with Gasteiger partial charge in [-0.15, -0.1) is 0 Å². The van der Waals surface area contributed by atoms with Crippen LogP contribution in [0.15, 0.2) is 12.3 Å². The molecule has 8 nitrogen and oxygen atoms in total. The van der Waals surface area contributed by atoms with Gasteiger partial charge in [0.05, 0.1) is 10.5 Å². The number of rotatable bonds is 7. The van der Waals surface area contributed by atoms with E-state index in [2.05, 4.69) is 15.6 Å². The van der Waals surface area contributed by atoms with Crippen LogP contribution in [0, 0.1) is 10.1 Å². The second-order valence-electron chi connectivity index (χ2n) is 3.49. The van der Waals surface area contributed by atoms with E-state index in [0.717, 1.165) is 18.8 Å². The largest absolute Gasteiger partial charge is 0.368 e. The lowest BCUT2D eigenvalue weighted by Crippen LogP contribution is -2.23. The van der Waals surface area contributed by atoms with Crippen molar-refractivity contribution in [2.45, 2.75) is 6.92 Å². The number of nitrogens with one attached hydrogen (secondary N) is 2. The van der Waals surface area contributed by atoms with E-state index >= 15 is 0 Å². The number of hydrogen-bond donors (Lipinski definition) is 3. The highest BCUT2D eigenvalue weighted by Crippen LogP contribution is 2.18. The van der Waals surface area contributed by atoms with Crippen molar-refractivity contribution < 1.29 is 9.72 Å². The Morgan fingerprint density at radius 1 is 1.56 bits per heavy atom. The molecule has 0 saturated heterocycles. The van der Waals surface area contributed by atoms with Gasteiger partial charge >= 0.3 is 0 Å². The summed E-state index contributed by atoms with van der Waals surface area (Å²) in [5.74, 6) is -0.497. The molecule has 18 heavy (non-hydrogen) atoms. The quantitative estimate of drug-likeness (QED) is 0.360. The number of carbonyl (C=O) groups excluding carboxylic acids is 1. The normalized spacial score (nSPS) is 10.1. The summed E-state index contributed by atoms with van der Waals surface area (Å²) in [5, 5.41) is 16.5. The van der Waals surface area contributed by atoms with E-state index in [-0.39, 0.29) is 17.1 Å². The Balaban J connectivity index is 2.83. The average molecular weight is 253 g/mol. The molecule has 0 aliphatic carbocycles. The topological polar surface area (TPSA) is 123 Å². The van der Waals surface area contributed by atoms with Crippen LogP contribution in [-0.2, 0) is 0 Å². The molecular weight excluding hydrogens is 238 g/mol. The molecule has 1 amide bonds. The number of nitrogens with zero attached hydrogens (tertiary/aromatic N) is 2. The fraction of sp³-hybridized carbons (Fsp3) is 0.400. The molecule has 0 saturated carbocycles. The van der Waals surface area contributed by atoms with Crippen molar-refractivity contribution in [3.8, 4) is 0 Å². The minimum absolute atomic E-state index is 0.0145. The molecule has 0 aliphatic rings. The van der Waals surface area contributed by atoms with Gasteiger partial charge in [-0.3, -0.25) is 14.9 Å². The fourth-order valence-electron chi connectivity index (χ4n) is 1.33. The highest BCUT2D eigenvalue weighted by Gasteiger charge is 2.15. The van der Waals surface area contributed by atoms with Crippen LogP contribution in [0.5, 0.6) is 0 Å². The summed E-state index contributed by atoms with van der Waals surface area (Å²) in [4.78, 5) is 25.0. The molecule has 1 aromatic heterocycles. The number of carbonyl (C=O) groups is 1. The molecule has 8 heteroatoms. The Kier molecular flexibility index (Phi) is 5.00. The van der Waals surface area contributed by atoms with Gasteiger partial charge in [0, 0.05) is 19.2 Å². The summed E-state index contributed by atoms with van der Waals surface area (Å²) < 4.78 is 0. The molecule has 0 aromatic carbocycles. The standard InChI is InChI=1S/C10H15N5O3/c1-2-12-3-4-13-10-8(9(11)16)5-7(6-14-10)15(17)18/h5-6,12H,2-4H2,1H3,(H2,11,16)(H,13,14). The van der Waals surface area contributed by atoms with Crippen molar-refractivity contribution in [2.75, 3.05) is 25.0 Å². The van der Waals surface area contributed by atoms with E-state index in [1.54, 1.807) is 0 Å². The van der Waals surface area contributed by atoms with Crippen LogP contribution in [0.3, 0.4) is 0 Å². The molecule has 0 radical (unpaired) electrons. The zero-order valence-electron chi connectivity index (χ0n) is 9.97. The minimum Gasteiger partial charge on any atom is -0.368 e. The summed E-state index contributed by atoms with van der Waals surface area (Å²) in [6.07, 6.45) is 1.09. The number of nitrogens with two attached hydrogens (primary N) is 1. The molecule has 0 fully saturated rings. The van der Waals surface area contributed by atoms with Crippen molar-refractivity contribution >= 4 is 17.4 Å². The zero-order valence-corrected chi connectivity index (χ0v) is 9.97. The molecule has 4 N–H and O–H groups in total. The van der Waals surface area contributed by atoms with E-state index in [1.165, 1.54) is 0 Å². The lowest BCUT2D eigenvalue weighted by molar-refractivity contribution is -0.385. The molecule has 1 rings (SSSR count). The number of pyridine rings is 1. The van der Waals surface area contributed by atoms with Gasteiger partial charge in [-0.1, -0.05) is 6.92 Å². The van der Waals surface area contributed by atoms with Crippen LogP contribution in [-0.4, -0.2) is 35.4 Å². The van der Waals surface area contributed by atoms with Crippen molar-refractivity contribution in [2.24, 2.45) is 5.73 Å². The molecule has 0 aliphatic heterocycles. The summed E-state index contributed by atoms with van der Waals surface area (Å²) in [7, 11) is 0. The number of aromatic nitrogens is 1. The van der Waals surface area contributed by atoms with Gasteiger partial charge in [-0.25, -0.2) is 4.98 Å².